The number of rotatable bonds is 7. The van der Waals surface area contributed by atoms with Crippen LogP contribution in [0.1, 0.15) is 17.5 Å². The molecule has 0 atom stereocenters. The highest BCUT2D eigenvalue weighted by molar-refractivity contribution is 7.99. The summed E-state index contributed by atoms with van der Waals surface area (Å²) in [6.45, 7) is 6.20. The highest BCUT2D eigenvalue weighted by Gasteiger charge is 2.12. The third kappa shape index (κ3) is 6.01. The van der Waals surface area contributed by atoms with Gasteiger partial charge >= 0.3 is 0 Å². The minimum absolute atomic E-state index is 0.187. The molecule has 0 N–H and O–H groups in total. The second-order valence-electron chi connectivity index (χ2n) is 6.93. The lowest BCUT2D eigenvalue weighted by atomic mass is 10.1. The molecule has 0 spiro atoms. The Bertz CT molecular complexity index is 725. The Kier molecular flexibility index (Phi) is 7.18. The maximum Gasteiger partial charge on any atom is 0.223 e. The quantitative estimate of drug-likeness (QED) is 0.676. The van der Waals surface area contributed by atoms with Crippen molar-refractivity contribution < 1.29 is 9.53 Å². The van der Waals surface area contributed by atoms with Gasteiger partial charge in [0.25, 0.3) is 0 Å². The van der Waals surface area contributed by atoms with Crippen LogP contribution < -0.4 is 4.90 Å². The Balaban J connectivity index is 1.43. The first-order valence-electron chi connectivity index (χ1n) is 9.47. The highest BCUT2D eigenvalue weighted by atomic mass is 32.2. The molecule has 1 saturated heterocycles. The molecule has 1 fully saturated rings. The summed E-state index contributed by atoms with van der Waals surface area (Å²) in [6.07, 6.45) is 0.556. The lowest BCUT2D eigenvalue weighted by Gasteiger charge is -2.29. The van der Waals surface area contributed by atoms with Crippen LogP contribution in [0.25, 0.3) is 0 Å². The number of carbonyl (C=O) groups is 1. The van der Waals surface area contributed by atoms with E-state index in [1.807, 2.05) is 11.9 Å². The molecule has 0 saturated carbocycles. The lowest BCUT2D eigenvalue weighted by molar-refractivity contribution is -0.129. The first kappa shape index (κ1) is 19.8. The molecule has 144 valence electrons. The number of amides is 1. The summed E-state index contributed by atoms with van der Waals surface area (Å²) in [6, 6.07) is 17.0. The van der Waals surface area contributed by atoms with E-state index in [1.54, 1.807) is 11.8 Å². The molecule has 3 rings (SSSR count). The molecule has 4 nitrogen and oxygen atoms in total. The van der Waals surface area contributed by atoms with Gasteiger partial charge in [-0.1, -0.05) is 29.8 Å². The molecule has 0 unspecified atom stereocenters. The van der Waals surface area contributed by atoms with Crippen molar-refractivity contribution in [3.05, 3.63) is 59.7 Å². The Hall–Kier alpha value is -1.98. The number of anilines is 1. The number of aryl methyl sites for hydroxylation is 1. The van der Waals surface area contributed by atoms with Crippen LogP contribution in [0.15, 0.2) is 53.4 Å². The van der Waals surface area contributed by atoms with Gasteiger partial charge in [-0.25, -0.2) is 0 Å². The molecule has 1 heterocycles. The molecule has 0 radical (unpaired) electrons. The van der Waals surface area contributed by atoms with Crippen molar-refractivity contribution in [3.8, 4) is 0 Å². The maximum absolute atomic E-state index is 12.4. The first-order chi connectivity index (χ1) is 13.1. The van der Waals surface area contributed by atoms with Gasteiger partial charge in [-0.15, -0.1) is 11.8 Å². The summed E-state index contributed by atoms with van der Waals surface area (Å²) in [7, 11) is 1.88. The maximum atomic E-state index is 12.4. The number of nitrogens with zero attached hydrogens (tertiary/aromatic N) is 2. The topological polar surface area (TPSA) is 32.8 Å². The summed E-state index contributed by atoms with van der Waals surface area (Å²) in [4.78, 5) is 17.8. The van der Waals surface area contributed by atoms with Crippen molar-refractivity contribution in [1.29, 1.82) is 0 Å². The van der Waals surface area contributed by atoms with Gasteiger partial charge in [0.05, 0.1) is 13.2 Å². The van der Waals surface area contributed by atoms with Crippen molar-refractivity contribution in [2.75, 3.05) is 44.0 Å². The zero-order valence-corrected chi connectivity index (χ0v) is 17.0. The van der Waals surface area contributed by atoms with Crippen LogP contribution in [0.5, 0.6) is 0 Å². The van der Waals surface area contributed by atoms with Crippen molar-refractivity contribution >= 4 is 23.4 Å². The summed E-state index contributed by atoms with van der Waals surface area (Å²) >= 11 is 1.74. The van der Waals surface area contributed by atoms with Gasteiger partial charge in [-0.3, -0.25) is 4.79 Å². The lowest BCUT2D eigenvalue weighted by Crippen LogP contribution is -2.36. The number of carbonyl (C=O) groups excluding carboxylic acids is 1. The number of hydrogen-bond donors (Lipinski definition) is 0. The second kappa shape index (κ2) is 9.81. The predicted molar refractivity (Wildman–Crippen MR) is 112 cm³/mol. The largest absolute Gasteiger partial charge is 0.378 e. The van der Waals surface area contributed by atoms with Crippen molar-refractivity contribution in [2.24, 2.45) is 0 Å². The van der Waals surface area contributed by atoms with Crippen LogP contribution in [-0.2, 0) is 16.1 Å². The Morgan fingerprint density at radius 3 is 2.41 bits per heavy atom. The van der Waals surface area contributed by atoms with Crippen LogP contribution in [0.3, 0.4) is 0 Å². The number of ether oxygens (including phenoxy) is 1. The van der Waals surface area contributed by atoms with E-state index in [2.05, 4.69) is 60.4 Å². The molecule has 27 heavy (non-hydrogen) atoms. The normalized spacial score (nSPS) is 14.2. The summed E-state index contributed by atoms with van der Waals surface area (Å²) in [5.41, 5.74) is 3.65. The van der Waals surface area contributed by atoms with Gasteiger partial charge in [-0.05, 0) is 36.8 Å². The van der Waals surface area contributed by atoms with Gasteiger partial charge in [-0.2, -0.15) is 0 Å². The molecule has 1 amide bonds. The first-order valence-corrected chi connectivity index (χ1v) is 10.5. The van der Waals surface area contributed by atoms with E-state index >= 15 is 0 Å². The minimum atomic E-state index is 0.187. The molecule has 0 bridgehead atoms. The van der Waals surface area contributed by atoms with Gasteiger partial charge < -0.3 is 14.5 Å². The SMILES string of the molecule is Cc1ccc(SCCC(=O)N(C)Cc2ccc(N3CCOCC3)cc2)cc1. The zero-order chi connectivity index (χ0) is 19.1. The van der Waals surface area contributed by atoms with Crippen LogP contribution in [-0.4, -0.2) is 49.9 Å². The van der Waals surface area contributed by atoms with Crippen LogP contribution in [0.2, 0.25) is 0 Å². The van der Waals surface area contributed by atoms with E-state index in [0.717, 1.165) is 37.6 Å². The Morgan fingerprint density at radius 2 is 1.74 bits per heavy atom. The van der Waals surface area contributed by atoms with Crippen molar-refractivity contribution in [2.45, 2.75) is 24.8 Å². The van der Waals surface area contributed by atoms with E-state index in [0.29, 0.717) is 13.0 Å². The monoisotopic (exact) mass is 384 g/mol. The fraction of sp³-hybridized carbons (Fsp3) is 0.409. The van der Waals surface area contributed by atoms with Gasteiger partial charge in [0.15, 0.2) is 0 Å². The minimum Gasteiger partial charge on any atom is -0.378 e. The van der Waals surface area contributed by atoms with E-state index in [-0.39, 0.29) is 5.91 Å². The summed E-state index contributed by atoms with van der Waals surface area (Å²) in [5, 5.41) is 0. The fourth-order valence-electron chi connectivity index (χ4n) is 3.08. The number of hydrogen-bond acceptors (Lipinski definition) is 4. The average molecular weight is 385 g/mol. The van der Waals surface area contributed by atoms with Crippen LogP contribution >= 0.6 is 11.8 Å². The number of morpholine rings is 1. The fourth-order valence-corrected chi connectivity index (χ4v) is 3.92. The molecular weight excluding hydrogens is 356 g/mol. The average Bonchev–Trinajstić information content (AvgIpc) is 2.70. The molecule has 0 aliphatic carbocycles. The predicted octanol–water partition coefficient (Wildman–Crippen LogP) is 3.97. The van der Waals surface area contributed by atoms with E-state index in [9.17, 15) is 4.79 Å². The van der Waals surface area contributed by atoms with E-state index < -0.39 is 0 Å². The second-order valence-corrected chi connectivity index (χ2v) is 8.10. The molecular formula is C22H28N2O2S. The van der Waals surface area contributed by atoms with E-state index in [1.165, 1.54) is 16.1 Å². The summed E-state index contributed by atoms with van der Waals surface area (Å²) in [5.74, 6) is 0.995. The molecule has 1 aliphatic rings. The third-order valence-corrected chi connectivity index (χ3v) is 5.78. The van der Waals surface area contributed by atoms with Gasteiger partial charge in [0, 0.05) is 49.4 Å². The van der Waals surface area contributed by atoms with Crippen LogP contribution in [0.4, 0.5) is 5.69 Å². The smallest absolute Gasteiger partial charge is 0.223 e. The van der Waals surface area contributed by atoms with Crippen molar-refractivity contribution in [1.82, 2.24) is 4.90 Å². The molecule has 1 aliphatic heterocycles. The van der Waals surface area contributed by atoms with Crippen molar-refractivity contribution in [3.63, 3.8) is 0 Å². The van der Waals surface area contributed by atoms with Gasteiger partial charge in [0.2, 0.25) is 5.91 Å². The molecule has 2 aromatic carbocycles. The highest BCUT2D eigenvalue weighted by Crippen LogP contribution is 2.20. The molecule has 0 aromatic heterocycles. The molecule has 5 heteroatoms. The standard InChI is InChI=1S/C22H28N2O2S/c1-18-3-9-21(10-4-18)27-16-11-22(25)23(2)17-19-5-7-20(8-6-19)24-12-14-26-15-13-24/h3-10H,11-17H2,1-2H3. The zero-order valence-electron chi connectivity index (χ0n) is 16.2. The van der Waals surface area contributed by atoms with Crippen LogP contribution in [0, 0.1) is 6.92 Å². The summed E-state index contributed by atoms with van der Waals surface area (Å²) < 4.78 is 5.40. The third-order valence-electron chi connectivity index (χ3n) is 4.76. The Labute approximate surface area is 166 Å². The number of benzene rings is 2. The number of thioether (sulfide) groups is 1. The van der Waals surface area contributed by atoms with E-state index in [4.69, 9.17) is 4.74 Å². The molecule has 2 aromatic rings. The Morgan fingerprint density at radius 1 is 1.07 bits per heavy atom. The van der Waals surface area contributed by atoms with Gasteiger partial charge in [0.1, 0.15) is 0 Å².